The quantitative estimate of drug-likeness (QED) is 0.759. The molecule has 0 bridgehead atoms. The lowest BCUT2D eigenvalue weighted by Gasteiger charge is -2.45. The summed E-state index contributed by atoms with van der Waals surface area (Å²) in [7, 11) is 5.62. The molecule has 1 fully saturated rings. The third-order valence-corrected chi connectivity index (χ3v) is 6.47. The van der Waals surface area contributed by atoms with Crippen LogP contribution < -0.4 is 9.47 Å². The number of fused-ring (bicyclic) bond motifs is 1. The second-order valence-corrected chi connectivity index (χ2v) is 8.32. The number of piperidine rings is 1. The molecule has 0 amide bonds. The number of benzene rings is 2. The van der Waals surface area contributed by atoms with Gasteiger partial charge in [-0.05, 0) is 80.4 Å². The van der Waals surface area contributed by atoms with Crippen molar-refractivity contribution in [3.05, 3.63) is 58.1 Å². The number of hydrogen-bond donors (Lipinski definition) is 0. The van der Waals surface area contributed by atoms with Crippen LogP contribution in [0.5, 0.6) is 11.5 Å². The Labute approximate surface area is 173 Å². The highest BCUT2D eigenvalue weighted by Crippen LogP contribution is 2.43. The molecule has 4 rings (SSSR count). The highest BCUT2D eigenvalue weighted by Gasteiger charge is 2.35. The molecule has 0 N–H and O–H groups in total. The standard InChI is InChI=1S/C23H29ClN2O2/c1-25-10-8-19(9-11-25)26-12-7-16-14-21(27-2)22(28-3)15-20(16)23(26)17-5-4-6-18(24)13-17/h4-6,13-15,19,23H,7-12H2,1-3H3. The van der Waals surface area contributed by atoms with Crippen LogP contribution in [0.15, 0.2) is 36.4 Å². The first-order valence-electron chi connectivity index (χ1n) is 10.0. The minimum atomic E-state index is 0.190. The van der Waals surface area contributed by atoms with Crippen LogP contribution in [0.3, 0.4) is 0 Å². The maximum absolute atomic E-state index is 6.38. The van der Waals surface area contributed by atoms with Crippen LogP contribution in [0.2, 0.25) is 5.02 Å². The lowest BCUT2D eigenvalue weighted by molar-refractivity contribution is 0.0890. The van der Waals surface area contributed by atoms with Crippen LogP contribution in [0.1, 0.15) is 35.6 Å². The fourth-order valence-corrected chi connectivity index (χ4v) is 4.93. The van der Waals surface area contributed by atoms with Gasteiger partial charge >= 0.3 is 0 Å². The predicted octanol–water partition coefficient (Wildman–Crippen LogP) is 4.40. The number of halogens is 1. The van der Waals surface area contributed by atoms with Crippen molar-refractivity contribution >= 4 is 11.6 Å². The molecule has 0 spiro atoms. The lowest BCUT2D eigenvalue weighted by atomic mass is 9.85. The van der Waals surface area contributed by atoms with Crippen molar-refractivity contribution in [1.29, 1.82) is 0 Å². The lowest BCUT2D eigenvalue weighted by Crippen LogP contribution is -2.48. The largest absolute Gasteiger partial charge is 0.493 e. The Hall–Kier alpha value is -1.75. The van der Waals surface area contributed by atoms with Gasteiger partial charge in [0.25, 0.3) is 0 Å². The number of nitrogens with zero attached hydrogens (tertiary/aromatic N) is 2. The van der Waals surface area contributed by atoms with Crippen LogP contribution in [0.4, 0.5) is 0 Å². The Morgan fingerprint density at radius 1 is 0.964 bits per heavy atom. The zero-order chi connectivity index (χ0) is 19.7. The van der Waals surface area contributed by atoms with Crippen LogP contribution in [-0.2, 0) is 6.42 Å². The Balaban J connectivity index is 1.79. The number of ether oxygens (including phenoxy) is 2. The molecule has 4 nitrogen and oxygen atoms in total. The van der Waals surface area contributed by atoms with Crippen molar-refractivity contribution in [2.24, 2.45) is 0 Å². The summed E-state index contributed by atoms with van der Waals surface area (Å²) in [6.07, 6.45) is 3.44. The fraction of sp³-hybridized carbons (Fsp3) is 0.478. The summed E-state index contributed by atoms with van der Waals surface area (Å²) >= 11 is 6.38. The van der Waals surface area contributed by atoms with Gasteiger partial charge in [0.15, 0.2) is 11.5 Å². The van der Waals surface area contributed by atoms with Gasteiger partial charge in [-0.1, -0.05) is 23.7 Å². The van der Waals surface area contributed by atoms with Gasteiger partial charge in [-0.25, -0.2) is 0 Å². The zero-order valence-electron chi connectivity index (χ0n) is 17.0. The summed E-state index contributed by atoms with van der Waals surface area (Å²) < 4.78 is 11.2. The van der Waals surface area contributed by atoms with Gasteiger partial charge in [-0.3, -0.25) is 4.90 Å². The maximum atomic E-state index is 6.38. The molecule has 0 saturated carbocycles. The van der Waals surface area contributed by atoms with Gasteiger partial charge in [-0.15, -0.1) is 0 Å². The first-order chi connectivity index (χ1) is 13.6. The van der Waals surface area contributed by atoms with Crippen molar-refractivity contribution in [3.8, 4) is 11.5 Å². The molecule has 1 saturated heterocycles. The molecule has 0 radical (unpaired) electrons. The van der Waals surface area contributed by atoms with Crippen molar-refractivity contribution in [1.82, 2.24) is 9.80 Å². The third kappa shape index (κ3) is 3.73. The van der Waals surface area contributed by atoms with E-state index >= 15 is 0 Å². The smallest absolute Gasteiger partial charge is 0.161 e. The van der Waals surface area contributed by atoms with Gasteiger partial charge in [0.1, 0.15) is 0 Å². The normalized spacial score (nSPS) is 21.4. The van der Waals surface area contributed by atoms with E-state index in [1.165, 1.54) is 29.5 Å². The molecule has 28 heavy (non-hydrogen) atoms. The molecular formula is C23H29ClN2O2. The molecule has 2 aromatic carbocycles. The minimum Gasteiger partial charge on any atom is -0.493 e. The van der Waals surface area contributed by atoms with E-state index in [0.717, 1.165) is 42.6 Å². The van der Waals surface area contributed by atoms with Gasteiger partial charge in [0.05, 0.1) is 20.3 Å². The Bertz CT molecular complexity index is 833. The molecule has 2 aromatic rings. The highest BCUT2D eigenvalue weighted by atomic mass is 35.5. The van der Waals surface area contributed by atoms with Crippen molar-refractivity contribution in [2.45, 2.75) is 31.3 Å². The maximum Gasteiger partial charge on any atom is 0.161 e. The first-order valence-corrected chi connectivity index (χ1v) is 10.4. The number of methoxy groups -OCH3 is 2. The summed E-state index contributed by atoms with van der Waals surface area (Å²) in [4.78, 5) is 5.11. The summed E-state index contributed by atoms with van der Waals surface area (Å²) in [5, 5.41) is 0.786. The average Bonchev–Trinajstić information content (AvgIpc) is 2.72. The van der Waals surface area contributed by atoms with Gasteiger partial charge < -0.3 is 14.4 Å². The molecule has 2 heterocycles. The molecule has 1 unspecified atom stereocenters. The van der Waals surface area contributed by atoms with E-state index in [4.69, 9.17) is 21.1 Å². The SMILES string of the molecule is COc1cc2c(cc1OC)C(c1cccc(Cl)c1)N(C1CCN(C)CC1)CC2. The van der Waals surface area contributed by atoms with E-state index < -0.39 is 0 Å². The van der Waals surface area contributed by atoms with E-state index in [-0.39, 0.29) is 6.04 Å². The average molecular weight is 401 g/mol. The second kappa shape index (κ2) is 8.32. The molecule has 5 heteroatoms. The van der Waals surface area contributed by atoms with Crippen molar-refractivity contribution < 1.29 is 9.47 Å². The Kier molecular flexibility index (Phi) is 5.81. The molecule has 0 aromatic heterocycles. The first kappa shape index (κ1) is 19.6. The summed E-state index contributed by atoms with van der Waals surface area (Å²) in [6.45, 7) is 3.36. The predicted molar refractivity (Wildman–Crippen MR) is 114 cm³/mol. The second-order valence-electron chi connectivity index (χ2n) is 7.89. The van der Waals surface area contributed by atoms with E-state index in [9.17, 15) is 0 Å². The summed E-state index contributed by atoms with van der Waals surface area (Å²) in [5.41, 5.74) is 3.90. The molecule has 2 aliphatic heterocycles. The van der Waals surface area contributed by atoms with E-state index in [0.29, 0.717) is 6.04 Å². The third-order valence-electron chi connectivity index (χ3n) is 6.23. The number of hydrogen-bond acceptors (Lipinski definition) is 4. The van der Waals surface area contributed by atoms with E-state index in [1.54, 1.807) is 14.2 Å². The Morgan fingerprint density at radius 2 is 1.68 bits per heavy atom. The zero-order valence-corrected chi connectivity index (χ0v) is 17.7. The van der Waals surface area contributed by atoms with Crippen LogP contribution >= 0.6 is 11.6 Å². The molecule has 0 aliphatic carbocycles. The van der Waals surface area contributed by atoms with E-state index in [2.05, 4.69) is 47.2 Å². The molecule has 2 aliphatic rings. The molecule has 1 atom stereocenters. The molecular weight excluding hydrogens is 372 g/mol. The van der Waals surface area contributed by atoms with Gasteiger partial charge in [0.2, 0.25) is 0 Å². The number of likely N-dealkylation sites (tertiary alicyclic amines) is 1. The Morgan fingerprint density at radius 3 is 2.36 bits per heavy atom. The monoisotopic (exact) mass is 400 g/mol. The van der Waals surface area contributed by atoms with Crippen LogP contribution in [0, 0.1) is 0 Å². The molecule has 150 valence electrons. The fourth-order valence-electron chi connectivity index (χ4n) is 4.73. The van der Waals surface area contributed by atoms with Gasteiger partial charge in [-0.2, -0.15) is 0 Å². The van der Waals surface area contributed by atoms with Crippen LogP contribution in [0.25, 0.3) is 0 Å². The topological polar surface area (TPSA) is 24.9 Å². The van der Waals surface area contributed by atoms with Crippen LogP contribution in [-0.4, -0.2) is 56.7 Å². The minimum absolute atomic E-state index is 0.190. The number of rotatable bonds is 4. The summed E-state index contributed by atoms with van der Waals surface area (Å²) in [6, 6.07) is 13.4. The summed E-state index contributed by atoms with van der Waals surface area (Å²) in [5.74, 6) is 1.59. The van der Waals surface area contributed by atoms with Crippen molar-refractivity contribution in [2.75, 3.05) is 40.9 Å². The highest BCUT2D eigenvalue weighted by molar-refractivity contribution is 6.30. The van der Waals surface area contributed by atoms with Crippen molar-refractivity contribution in [3.63, 3.8) is 0 Å². The van der Waals surface area contributed by atoms with Gasteiger partial charge in [0, 0.05) is 17.6 Å². The van der Waals surface area contributed by atoms with E-state index in [1.807, 2.05) is 6.07 Å².